The fraction of sp³-hybridized carbons (Fsp3) is 0.684. The van der Waals surface area contributed by atoms with Crippen LogP contribution in [0.1, 0.15) is 58.9 Å². The highest BCUT2D eigenvalue weighted by molar-refractivity contribution is 5.52. The van der Waals surface area contributed by atoms with Gasteiger partial charge in [-0.1, -0.05) is 31.0 Å². The van der Waals surface area contributed by atoms with E-state index in [0.717, 1.165) is 13.1 Å². The van der Waals surface area contributed by atoms with E-state index >= 15 is 0 Å². The Kier molecular flexibility index (Phi) is 7.81. The van der Waals surface area contributed by atoms with Crippen LogP contribution in [0.5, 0.6) is 0 Å². The molecule has 21 heavy (non-hydrogen) atoms. The van der Waals surface area contributed by atoms with E-state index in [2.05, 4.69) is 69.1 Å². The second-order valence-electron chi connectivity index (χ2n) is 6.96. The Morgan fingerprint density at radius 1 is 1.00 bits per heavy atom. The van der Waals surface area contributed by atoms with Gasteiger partial charge in [0.15, 0.2) is 0 Å². The lowest BCUT2D eigenvalue weighted by Crippen LogP contribution is -2.36. The number of para-hydroxylation sites is 1. The summed E-state index contributed by atoms with van der Waals surface area (Å²) in [5.74, 6) is 0. The fourth-order valence-electron chi connectivity index (χ4n) is 2.61. The highest BCUT2D eigenvalue weighted by Crippen LogP contribution is 2.19. The first-order valence-corrected chi connectivity index (χ1v) is 8.49. The van der Waals surface area contributed by atoms with Crippen LogP contribution in [-0.2, 0) is 0 Å². The number of unbranched alkanes of at least 4 members (excludes halogenated alkanes) is 3. The summed E-state index contributed by atoms with van der Waals surface area (Å²) in [5.41, 5.74) is 3.03. The second-order valence-corrected chi connectivity index (χ2v) is 6.96. The molecule has 0 aromatic heterocycles. The maximum atomic E-state index is 3.56. The van der Waals surface area contributed by atoms with Crippen molar-refractivity contribution in [1.82, 2.24) is 5.32 Å². The first-order chi connectivity index (χ1) is 9.94. The zero-order valence-corrected chi connectivity index (χ0v) is 14.7. The zero-order valence-electron chi connectivity index (χ0n) is 14.7. The van der Waals surface area contributed by atoms with Crippen molar-refractivity contribution in [3.05, 3.63) is 29.8 Å². The molecule has 1 aromatic rings. The van der Waals surface area contributed by atoms with E-state index in [-0.39, 0.29) is 5.54 Å². The van der Waals surface area contributed by atoms with Crippen molar-refractivity contribution in [3.8, 4) is 0 Å². The topological polar surface area (TPSA) is 15.3 Å². The van der Waals surface area contributed by atoms with Crippen molar-refractivity contribution >= 4 is 5.69 Å². The van der Waals surface area contributed by atoms with Crippen LogP contribution in [-0.4, -0.2) is 25.2 Å². The SMILES string of the molecule is CCN(CCCCCCNC(C)(C)C)c1ccccc1C. The Labute approximate surface area is 131 Å². The van der Waals surface area contributed by atoms with Gasteiger partial charge >= 0.3 is 0 Å². The summed E-state index contributed by atoms with van der Waals surface area (Å²) < 4.78 is 0. The van der Waals surface area contributed by atoms with Gasteiger partial charge in [-0.05, 0) is 65.6 Å². The first kappa shape index (κ1) is 18.0. The summed E-state index contributed by atoms with van der Waals surface area (Å²) in [6.45, 7) is 14.6. The lowest BCUT2D eigenvalue weighted by atomic mass is 10.1. The van der Waals surface area contributed by atoms with Crippen LogP contribution in [0.25, 0.3) is 0 Å². The van der Waals surface area contributed by atoms with Crippen LogP contribution < -0.4 is 10.2 Å². The monoisotopic (exact) mass is 290 g/mol. The molecule has 0 saturated heterocycles. The van der Waals surface area contributed by atoms with E-state index in [9.17, 15) is 0 Å². The first-order valence-electron chi connectivity index (χ1n) is 8.49. The van der Waals surface area contributed by atoms with E-state index in [1.165, 1.54) is 43.5 Å². The molecule has 0 amide bonds. The van der Waals surface area contributed by atoms with E-state index in [0.29, 0.717) is 0 Å². The molecule has 0 unspecified atom stereocenters. The van der Waals surface area contributed by atoms with Gasteiger partial charge in [-0.2, -0.15) is 0 Å². The molecule has 0 aliphatic carbocycles. The molecule has 0 spiro atoms. The minimum absolute atomic E-state index is 0.254. The largest absolute Gasteiger partial charge is 0.372 e. The van der Waals surface area contributed by atoms with Crippen molar-refractivity contribution in [3.63, 3.8) is 0 Å². The Morgan fingerprint density at radius 3 is 2.29 bits per heavy atom. The smallest absolute Gasteiger partial charge is 0.0395 e. The lowest BCUT2D eigenvalue weighted by molar-refractivity contribution is 0.416. The van der Waals surface area contributed by atoms with Crippen molar-refractivity contribution in [2.75, 3.05) is 24.5 Å². The summed E-state index contributed by atoms with van der Waals surface area (Å²) in [6.07, 6.45) is 5.23. The predicted molar refractivity (Wildman–Crippen MR) is 95.3 cm³/mol. The van der Waals surface area contributed by atoms with Gasteiger partial charge in [0, 0.05) is 24.3 Å². The number of hydrogen-bond donors (Lipinski definition) is 1. The van der Waals surface area contributed by atoms with Gasteiger partial charge in [0.1, 0.15) is 0 Å². The van der Waals surface area contributed by atoms with E-state index in [4.69, 9.17) is 0 Å². The van der Waals surface area contributed by atoms with Gasteiger partial charge in [0.25, 0.3) is 0 Å². The highest BCUT2D eigenvalue weighted by Gasteiger charge is 2.08. The Bertz CT molecular complexity index is 393. The van der Waals surface area contributed by atoms with Crippen molar-refractivity contribution < 1.29 is 0 Å². The average molecular weight is 290 g/mol. The normalized spacial score (nSPS) is 11.7. The van der Waals surface area contributed by atoms with Crippen LogP contribution in [0, 0.1) is 6.92 Å². The molecule has 0 aliphatic heterocycles. The molecule has 2 nitrogen and oxygen atoms in total. The molecule has 1 N–H and O–H groups in total. The van der Waals surface area contributed by atoms with Crippen LogP contribution in [0.15, 0.2) is 24.3 Å². The molecule has 1 aromatic carbocycles. The van der Waals surface area contributed by atoms with Crippen LogP contribution in [0.3, 0.4) is 0 Å². The Hall–Kier alpha value is -1.02. The van der Waals surface area contributed by atoms with Crippen molar-refractivity contribution in [2.24, 2.45) is 0 Å². The number of anilines is 1. The number of aryl methyl sites for hydroxylation is 1. The molecular formula is C19H34N2. The highest BCUT2D eigenvalue weighted by atomic mass is 15.1. The molecule has 120 valence electrons. The molecule has 0 saturated carbocycles. The minimum Gasteiger partial charge on any atom is -0.372 e. The average Bonchev–Trinajstić information content (AvgIpc) is 2.42. The summed E-state index contributed by atoms with van der Waals surface area (Å²) >= 11 is 0. The summed E-state index contributed by atoms with van der Waals surface area (Å²) in [5, 5.41) is 3.56. The molecule has 0 aliphatic rings. The molecule has 0 radical (unpaired) electrons. The van der Waals surface area contributed by atoms with Gasteiger partial charge in [0.05, 0.1) is 0 Å². The third-order valence-electron chi connectivity index (χ3n) is 3.85. The molecule has 0 bridgehead atoms. The van der Waals surface area contributed by atoms with Crippen LogP contribution in [0.4, 0.5) is 5.69 Å². The molecule has 0 fully saturated rings. The van der Waals surface area contributed by atoms with Gasteiger partial charge in [-0.3, -0.25) is 0 Å². The van der Waals surface area contributed by atoms with Crippen molar-refractivity contribution in [2.45, 2.75) is 65.8 Å². The molecule has 0 atom stereocenters. The van der Waals surface area contributed by atoms with Crippen LogP contribution in [0.2, 0.25) is 0 Å². The number of nitrogens with zero attached hydrogens (tertiary/aromatic N) is 1. The molecule has 1 rings (SSSR count). The molecule has 2 heteroatoms. The van der Waals surface area contributed by atoms with E-state index < -0.39 is 0 Å². The summed E-state index contributed by atoms with van der Waals surface area (Å²) in [7, 11) is 0. The maximum Gasteiger partial charge on any atom is 0.0395 e. The number of benzene rings is 1. The van der Waals surface area contributed by atoms with Crippen LogP contribution >= 0.6 is 0 Å². The Balaban J connectivity index is 2.20. The molecule has 0 heterocycles. The minimum atomic E-state index is 0.254. The summed E-state index contributed by atoms with van der Waals surface area (Å²) in [6, 6.07) is 8.71. The number of rotatable bonds is 9. The number of hydrogen-bond acceptors (Lipinski definition) is 2. The lowest BCUT2D eigenvalue weighted by Gasteiger charge is -2.25. The summed E-state index contributed by atoms with van der Waals surface area (Å²) in [4.78, 5) is 2.50. The van der Waals surface area contributed by atoms with Gasteiger partial charge in [-0.25, -0.2) is 0 Å². The zero-order chi connectivity index (χ0) is 15.7. The fourth-order valence-corrected chi connectivity index (χ4v) is 2.61. The van der Waals surface area contributed by atoms with E-state index in [1.54, 1.807) is 0 Å². The second kappa shape index (κ2) is 9.09. The Morgan fingerprint density at radius 2 is 1.67 bits per heavy atom. The quantitative estimate of drug-likeness (QED) is 0.659. The van der Waals surface area contributed by atoms with E-state index in [1.807, 2.05) is 0 Å². The standard InChI is InChI=1S/C19H34N2/c1-6-21(18-14-10-9-13-17(18)2)16-12-8-7-11-15-20-19(3,4)5/h9-10,13-14,20H,6-8,11-12,15-16H2,1-5H3. The van der Waals surface area contributed by atoms with Gasteiger partial charge < -0.3 is 10.2 Å². The third-order valence-corrected chi connectivity index (χ3v) is 3.85. The third kappa shape index (κ3) is 7.52. The number of nitrogens with one attached hydrogen (secondary N) is 1. The predicted octanol–water partition coefficient (Wildman–Crippen LogP) is 4.77. The maximum absolute atomic E-state index is 3.56. The van der Waals surface area contributed by atoms with Crippen molar-refractivity contribution in [1.29, 1.82) is 0 Å². The van der Waals surface area contributed by atoms with Gasteiger partial charge in [0.2, 0.25) is 0 Å². The van der Waals surface area contributed by atoms with Gasteiger partial charge in [-0.15, -0.1) is 0 Å². The molecular weight excluding hydrogens is 256 g/mol.